The largest absolute Gasteiger partial charge is 0.352 e. The van der Waals surface area contributed by atoms with E-state index in [4.69, 9.17) is 5.73 Å². The van der Waals surface area contributed by atoms with Gasteiger partial charge in [0.05, 0.1) is 0 Å². The van der Waals surface area contributed by atoms with Gasteiger partial charge in [0.15, 0.2) is 0 Å². The van der Waals surface area contributed by atoms with Gasteiger partial charge in [0, 0.05) is 48.2 Å². The number of thiophene rings is 1. The minimum atomic E-state index is -0.508. The van der Waals surface area contributed by atoms with Crippen LogP contribution in [0.3, 0.4) is 0 Å². The summed E-state index contributed by atoms with van der Waals surface area (Å²) in [5.74, 6) is -0.0921. The summed E-state index contributed by atoms with van der Waals surface area (Å²) in [6.07, 6.45) is 5.09. The van der Waals surface area contributed by atoms with E-state index < -0.39 is 6.04 Å². The fourth-order valence-corrected chi connectivity index (χ4v) is 6.85. The van der Waals surface area contributed by atoms with E-state index in [0.29, 0.717) is 18.5 Å². The number of nitrogens with two attached hydrogens (primary N) is 1. The van der Waals surface area contributed by atoms with Crippen LogP contribution in [0.4, 0.5) is 0 Å². The normalized spacial score (nSPS) is 23.2. The molecule has 0 bridgehead atoms. The fraction of sp³-hybridized carbons (Fsp3) is 0.455. The van der Waals surface area contributed by atoms with E-state index in [1.54, 1.807) is 11.3 Å². The van der Waals surface area contributed by atoms with Crippen LogP contribution >= 0.6 is 11.3 Å². The quantitative estimate of drug-likeness (QED) is 0.387. The average molecular weight is 559 g/mol. The summed E-state index contributed by atoms with van der Waals surface area (Å²) in [6, 6.07) is 20.5. The molecular formula is C33H42N4O2S. The number of hydrogen-bond acceptors (Lipinski definition) is 5. The van der Waals surface area contributed by atoms with Crippen molar-refractivity contribution in [3.8, 4) is 0 Å². The molecule has 40 heavy (non-hydrogen) atoms. The predicted molar refractivity (Wildman–Crippen MR) is 162 cm³/mol. The number of nitrogens with one attached hydrogen (secondary N) is 1. The summed E-state index contributed by atoms with van der Waals surface area (Å²) in [5.41, 5.74) is 10.4. The van der Waals surface area contributed by atoms with Crippen LogP contribution in [-0.2, 0) is 17.9 Å². The SMILES string of the molecule is Cc1ccc(C(=O)N2CCC(N(Cc3cccs3)Cc3ccccc3C)C[C@@H]2C(=O)NC2CCC(N)CC2)cc1. The second-order valence-electron chi connectivity index (χ2n) is 11.6. The van der Waals surface area contributed by atoms with Crippen LogP contribution in [0.25, 0.3) is 0 Å². The van der Waals surface area contributed by atoms with Gasteiger partial charge in [-0.15, -0.1) is 11.3 Å². The molecule has 0 spiro atoms. The van der Waals surface area contributed by atoms with Crippen LogP contribution in [0.1, 0.15) is 70.5 Å². The molecule has 3 aromatic rings. The molecular weight excluding hydrogens is 516 g/mol. The smallest absolute Gasteiger partial charge is 0.254 e. The standard InChI is InChI=1S/C33H42N4O2S/c1-23-9-11-25(12-10-23)33(39)37-18-17-29(20-31(37)32(38)35-28-15-13-27(34)14-16-28)36(22-30-8-5-19-40-30)21-26-7-4-3-6-24(26)2/h3-12,19,27-29,31H,13-18,20-22,34H2,1-2H3,(H,35,38)/t27?,28?,29?,31-/m1/s1. The first-order valence-electron chi connectivity index (χ1n) is 14.6. The molecule has 1 aliphatic heterocycles. The van der Waals surface area contributed by atoms with Crippen molar-refractivity contribution < 1.29 is 9.59 Å². The van der Waals surface area contributed by atoms with Gasteiger partial charge >= 0.3 is 0 Å². The average Bonchev–Trinajstić information content (AvgIpc) is 3.48. The van der Waals surface area contributed by atoms with E-state index in [0.717, 1.165) is 50.8 Å². The Kier molecular flexibility index (Phi) is 9.35. The van der Waals surface area contributed by atoms with E-state index in [1.807, 2.05) is 36.1 Å². The van der Waals surface area contributed by atoms with Crippen molar-refractivity contribution in [3.63, 3.8) is 0 Å². The molecule has 1 saturated heterocycles. The molecule has 1 aromatic heterocycles. The molecule has 1 aliphatic carbocycles. The van der Waals surface area contributed by atoms with Crippen LogP contribution in [0, 0.1) is 13.8 Å². The van der Waals surface area contributed by atoms with Crippen LogP contribution in [0.2, 0.25) is 0 Å². The zero-order chi connectivity index (χ0) is 28.1. The molecule has 3 N–H and O–H groups in total. The maximum absolute atomic E-state index is 13.9. The molecule has 2 atom stereocenters. The van der Waals surface area contributed by atoms with Gasteiger partial charge in [0.1, 0.15) is 6.04 Å². The molecule has 6 nitrogen and oxygen atoms in total. The Morgan fingerprint density at radius 1 is 0.950 bits per heavy atom. The number of carbonyl (C=O) groups is 2. The van der Waals surface area contributed by atoms with Crippen LogP contribution in [-0.4, -0.2) is 52.3 Å². The predicted octanol–water partition coefficient (Wildman–Crippen LogP) is 5.43. The minimum Gasteiger partial charge on any atom is -0.352 e. The molecule has 2 amide bonds. The molecule has 1 unspecified atom stereocenters. The molecule has 212 valence electrons. The number of nitrogens with zero attached hydrogens (tertiary/aromatic N) is 2. The third-order valence-corrected chi connectivity index (χ3v) is 9.51. The lowest BCUT2D eigenvalue weighted by Crippen LogP contribution is -2.58. The molecule has 2 aliphatic rings. The Morgan fingerprint density at radius 3 is 2.40 bits per heavy atom. The van der Waals surface area contributed by atoms with Crippen molar-refractivity contribution in [2.45, 2.75) is 89.6 Å². The number of likely N-dealkylation sites (tertiary alicyclic amines) is 1. The molecule has 2 heterocycles. The summed E-state index contributed by atoms with van der Waals surface area (Å²) < 4.78 is 0. The number of rotatable bonds is 8. The third-order valence-electron chi connectivity index (χ3n) is 8.65. The lowest BCUT2D eigenvalue weighted by molar-refractivity contribution is -0.128. The summed E-state index contributed by atoms with van der Waals surface area (Å²) in [6.45, 7) is 6.38. The first-order chi connectivity index (χ1) is 19.4. The maximum atomic E-state index is 13.9. The van der Waals surface area contributed by atoms with Crippen LogP contribution in [0.15, 0.2) is 66.0 Å². The van der Waals surface area contributed by atoms with Crippen LogP contribution in [0.5, 0.6) is 0 Å². The number of benzene rings is 2. The van der Waals surface area contributed by atoms with Crippen LogP contribution < -0.4 is 11.1 Å². The van der Waals surface area contributed by atoms with Crippen molar-refractivity contribution in [2.75, 3.05) is 6.54 Å². The molecule has 2 aromatic carbocycles. The summed E-state index contributed by atoms with van der Waals surface area (Å²) in [4.78, 5) is 33.3. The van der Waals surface area contributed by atoms with E-state index in [-0.39, 0.29) is 29.9 Å². The molecule has 0 radical (unpaired) electrons. The van der Waals surface area contributed by atoms with Gasteiger partial charge in [-0.05, 0) is 87.1 Å². The summed E-state index contributed by atoms with van der Waals surface area (Å²) in [5, 5.41) is 5.44. The van der Waals surface area contributed by atoms with Crippen molar-refractivity contribution in [1.82, 2.24) is 15.1 Å². The fourth-order valence-electron chi connectivity index (χ4n) is 6.12. The van der Waals surface area contributed by atoms with E-state index in [9.17, 15) is 9.59 Å². The van der Waals surface area contributed by atoms with E-state index in [1.165, 1.54) is 16.0 Å². The summed E-state index contributed by atoms with van der Waals surface area (Å²) >= 11 is 1.77. The first kappa shape index (κ1) is 28.5. The Bertz CT molecular complexity index is 1270. The molecule has 1 saturated carbocycles. The second kappa shape index (κ2) is 13.1. The topological polar surface area (TPSA) is 78.7 Å². The summed E-state index contributed by atoms with van der Waals surface area (Å²) in [7, 11) is 0. The second-order valence-corrected chi connectivity index (χ2v) is 12.6. The van der Waals surface area contributed by atoms with Gasteiger partial charge in [-0.25, -0.2) is 0 Å². The highest BCUT2D eigenvalue weighted by atomic mass is 32.1. The van der Waals surface area contributed by atoms with E-state index >= 15 is 0 Å². The monoisotopic (exact) mass is 558 g/mol. The van der Waals surface area contributed by atoms with Gasteiger partial charge in [0.25, 0.3) is 5.91 Å². The van der Waals surface area contributed by atoms with Gasteiger partial charge in [-0.2, -0.15) is 0 Å². The lowest BCUT2D eigenvalue weighted by atomic mass is 9.90. The first-order valence-corrected chi connectivity index (χ1v) is 15.5. The minimum absolute atomic E-state index is 0.0300. The highest BCUT2D eigenvalue weighted by molar-refractivity contribution is 7.09. The highest BCUT2D eigenvalue weighted by Crippen LogP contribution is 2.29. The van der Waals surface area contributed by atoms with Gasteiger partial charge in [0.2, 0.25) is 5.91 Å². The number of carbonyl (C=O) groups excluding carboxylic acids is 2. The lowest BCUT2D eigenvalue weighted by Gasteiger charge is -2.43. The number of piperidine rings is 1. The van der Waals surface area contributed by atoms with Crippen molar-refractivity contribution in [2.24, 2.45) is 5.73 Å². The van der Waals surface area contributed by atoms with Gasteiger partial charge in [-0.3, -0.25) is 14.5 Å². The number of hydrogen-bond donors (Lipinski definition) is 2. The van der Waals surface area contributed by atoms with Crippen molar-refractivity contribution in [3.05, 3.63) is 93.2 Å². The Labute approximate surface area is 242 Å². The Balaban J connectivity index is 1.39. The van der Waals surface area contributed by atoms with Gasteiger partial charge in [-0.1, -0.05) is 48.0 Å². The third kappa shape index (κ3) is 7.00. The number of aryl methyl sites for hydroxylation is 2. The van der Waals surface area contributed by atoms with Crippen molar-refractivity contribution in [1.29, 1.82) is 0 Å². The highest BCUT2D eigenvalue weighted by Gasteiger charge is 2.39. The zero-order valence-electron chi connectivity index (χ0n) is 23.7. The van der Waals surface area contributed by atoms with Gasteiger partial charge < -0.3 is 16.0 Å². The molecule has 7 heteroatoms. The maximum Gasteiger partial charge on any atom is 0.254 e. The molecule has 5 rings (SSSR count). The zero-order valence-corrected chi connectivity index (χ0v) is 24.5. The Hall–Kier alpha value is -3.00. The van der Waals surface area contributed by atoms with Crippen molar-refractivity contribution >= 4 is 23.2 Å². The molecule has 2 fully saturated rings. The number of amides is 2. The Morgan fingerprint density at radius 2 is 1.70 bits per heavy atom. The van der Waals surface area contributed by atoms with E-state index in [2.05, 4.69) is 58.9 Å².